The molecule has 0 heterocycles. The van der Waals surface area contributed by atoms with Crippen LogP contribution in [0.1, 0.15) is 30.1 Å². The number of anilines is 1. The number of allylic oxidation sites excluding steroid dienone is 1. The zero-order chi connectivity index (χ0) is 12.8. The fraction of sp³-hybridized carbons (Fsp3) is 0.231. The second-order valence-corrected chi connectivity index (χ2v) is 4.03. The summed E-state index contributed by atoms with van der Waals surface area (Å²) in [4.78, 5) is 22.7. The van der Waals surface area contributed by atoms with Crippen molar-refractivity contribution in [2.45, 2.75) is 19.8 Å². The third-order valence-corrected chi connectivity index (χ3v) is 2.55. The van der Waals surface area contributed by atoms with Crippen LogP contribution < -0.4 is 5.32 Å². The molecule has 0 aliphatic carbocycles. The highest BCUT2D eigenvalue weighted by atomic mass is 35.5. The summed E-state index contributed by atoms with van der Waals surface area (Å²) in [5.41, 5.74) is 0.988. The van der Waals surface area contributed by atoms with E-state index in [1.54, 1.807) is 24.3 Å². The Morgan fingerprint density at radius 2 is 2.18 bits per heavy atom. The number of ketones is 1. The summed E-state index contributed by atoms with van der Waals surface area (Å²) in [6.45, 7) is 5.01. The first-order valence-corrected chi connectivity index (χ1v) is 5.63. The Hall–Kier alpha value is -1.61. The van der Waals surface area contributed by atoms with Gasteiger partial charge in [0.15, 0.2) is 5.78 Å². The van der Waals surface area contributed by atoms with E-state index in [0.29, 0.717) is 29.1 Å². The van der Waals surface area contributed by atoms with E-state index in [1.165, 1.54) is 6.92 Å². The average Bonchev–Trinajstić information content (AvgIpc) is 2.29. The average molecular weight is 252 g/mol. The molecule has 1 aromatic carbocycles. The molecule has 0 fully saturated rings. The summed E-state index contributed by atoms with van der Waals surface area (Å²) in [6.07, 6.45) is 2.63. The summed E-state index contributed by atoms with van der Waals surface area (Å²) in [5.74, 6) is -0.212. The number of amides is 1. The third kappa shape index (κ3) is 4.04. The standard InChI is InChI=1S/C13H14ClNO2/c1-3-4-5-13(17)15-12-8-10(9(2)16)6-7-11(12)14/h3,6-8H,1,4-5H2,2H3,(H,15,17). The van der Waals surface area contributed by atoms with Gasteiger partial charge < -0.3 is 5.32 Å². The Labute approximate surface area is 105 Å². The van der Waals surface area contributed by atoms with Crippen LogP contribution in [-0.4, -0.2) is 11.7 Å². The fourth-order valence-corrected chi connectivity index (χ4v) is 1.45. The maximum Gasteiger partial charge on any atom is 0.224 e. The predicted octanol–water partition coefficient (Wildman–Crippen LogP) is 3.45. The Morgan fingerprint density at radius 3 is 2.76 bits per heavy atom. The van der Waals surface area contributed by atoms with E-state index in [0.717, 1.165) is 0 Å². The number of halogens is 1. The number of hydrogen-bond donors (Lipinski definition) is 1. The van der Waals surface area contributed by atoms with Crippen molar-refractivity contribution >= 4 is 29.0 Å². The van der Waals surface area contributed by atoms with E-state index in [9.17, 15) is 9.59 Å². The van der Waals surface area contributed by atoms with Crippen LogP contribution in [0.3, 0.4) is 0 Å². The van der Waals surface area contributed by atoms with Crippen LogP contribution in [0.15, 0.2) is 30.9 Å². The van der Waals surface area contributed by atoms with Gasteiger partial charge in [0.05, 0.1) is 10.7 Å². The first-order chi connectivity index (χ1) is 8.04. The minimum absolute atomic E-state index is 0.0664. The number of carbonyl (C=O) groups excluding carboxylic acids is 2. The second-order valence-electron chi connectivity index (χ2n) is 3.63. The minimum Gasteiger partial charge on any atom is -0.325 e. The van der Waals surface area contributed by atoms with E-state index in [-0.39, 0.29) is 11.7 Å². The van der Waals surface area contributed by atoms with Crippen LogP contribution in [0.4, 0.5) is 5.69 Å². The van der Waals surface area contributed by atoms with Crippen LogP contribution >= 0.6 is 11.6 Å². The van der Waals surface area contributed by atoms with E-state index in [4.69, 9.17) is 11.6 Å². The van der Waals surface area contributed by atoms with Crippen molar-refractivity contribution in [3.05, 3.63) is 41.4 Å². The smallest absolute Gasteiger partial charge is 0.224 e. The lowest BCUT2D eigenvalue weighted by Gasteiger charge is -2.07. The maximum atomic E-state index is 11.5. The number of Topliss-reactive ketones (excluding diaryl/α,β-unsaturated/α-hetero) is 1. The molecule has 0 unspecified atom stereocenters. The predicted molar refractivity (Wildman–Crippen MR) is 69.5 cm³/mol. The van der Waals surface area contributed by atoms with Crippen LogP contribution in [0, 0.1) is 0 Å². The summed E-state index contributed by atoms with van der Waals surface area (Å²) in [6, 6.07) is 4.81. The van der Waals surface area contributed by atoms with Crippen molar-refractivity contribution in [1.29, 1.82) is 0 Å². The fourth-order valence-electron chi connectivity index (χ4n) is 1.29. The van der Waals surface area contributed by atoms with Gasteiger partial charge in [-0.3, -0.25) is 9.59 Å². The number of rotatable bonds is 5. The van der Waals surface area contributed by atoms with Crippen molar-refractivity contribution in [2.24, 2.45) is 0 Å². The van der Waals surface area contributed by atoms with E-state index in [1.807, 2.05) is 0 Å². The molecule has 0 spiro atoms. The molecule has 0 saturated carbocycles. The molecule has 1 N–H and O–H groups in total. The van der Waals surface area contributed by atoms with Gasteiger partial charge in [-0.25, -0.2) is 0 Å². The third-order valence-electron chi connectivity index (χ3n) is 2.22. The summed E-state index contributed by atoms with van der Waals surface area (Å²) in [5, 5.41) is 3.09. The van der Waals surface area contributed by atoms with Crippen molar-refractivity contribution in [3.63, 3.8) is 0 Å². The number of hydrogen-bond acceptors (Lipinski definition) is 2. The highest BCUT2D eigenvalue weighted by molar-refractivity contribution is 6.33. The van der Waals surface area contributed by atoms with Crippen molar-refractivity contribution < 1.29 is 9.59 Å². The molecule has 1 aromatic rings. The van der Waals surface area contributed by atoms with Gasteiger partial charge in [0.25, 0.3) is 0 Å². The van der Waals surface area contributed by atoms with Gasteiger partial charge in [-0.15, -0.1) is 6.58 Å². The van der Waals surface area contributed by atoms with Crippen LogP contribution in [-0.2, 0) is 4.79 Å². The quantitative estimate of drug-likeness (QED) is 0.644. The van der Waals surface area contributed by atoms with Gasteiger partial charge in [0.2, 0.25) is 5.91 Å². The lowest BCUT2D eigenvalue weighted by molar-refractivity contribution is -0.116. The van der Waals surface area contributed by atoms with Crippen molar-refractivity contribution in [2.75, 3.05) is 5.32 Å². The van der Waals surface area contributed by atoms with Crippen LogP contribution in [0.2, 0.25) is 5.02 Å². The zero-order valence-corrected chi connectivity index (χ0v) is 10.4. The lowest BCUT2D eigenvalue weighted by atomic mass is 10.1. The molecular weight excluding hydrogens is 238 g/mol. The topological polar surface area (TPSA) is 46.2 Å². The van der Waals surface area contributed by atoms with Gasteiger partial charge >= 0.3 is 0 Å². The second kappa shape index (κ2) is 6.21. The Bertz CT molecular complexity index is 455. The lowest BCUT2D eigenvalue weighted by Crippen LogP contribution is -2.11. The van der Waals surface area contributed by atoms with Gasteiger partial charge in [-0.2, -0.15) is 0 Å². The molecule has 0 saturated heterocycles. The van der Waals surface area contributed by atoms with E-state index >= 15 is 0 Å². The van der Waals surface area contributed by atoms with Gasteiger partial charge in [0.1, 0.15) is 0 Å². The summed E-state index contributed by atoms with van der Waals surface area (Å²) >= 11 is 5.93. The minimum atomic E-state index is -0.146. The van der Waals surface area contributed by atoms with Crippen molar-refractivity contribution in [1.82, 2.24) is 0 Å². The highest BCUT2D eigenvalue weighted by Gasteiger charge is 2.08. The Morgan fingerprint density at radius 1 is 1.47 bits per heavy atom. The largest absolute Gasteiger partial charge is 0.325 e. The normalized spacial score (nSPS) is 9.76. The summed E-state index contributed by atoms with van der Waals surface area (Å²) < 4.78 is 0. The van der Waals surface area contributed by atoms with Crippen LogP contribution in [0.25, 0.3) is 0 Å². The molecule has 90 valence electrons. The summed E-state index contributed by atoms with van der Waals surface area (Å²) in [7, 11) is 0. The molecule has 0 aliphatic heterocycles. The SMILES string of the molecule is C=CCCC(=O)Nc1cc(C(C)=O)ccc1Cl. The number of benzene rings is 1. The molecule has 1 rings (SSSR count). The zero-order valence-electron chi connectivity index (χ0n) is 9.63. The van der Waals surface area contributed by atoms with E-state index < -0.39 is 0 Å². The molecular formula is C13H14ClNO2. The molecule has 17 heavy (non-hydrogen) atoms. The first kappa shape index (κ1) is 13.5. The van der Waals surface area contributed by atoms with Crippen LogP contribution in [0.5, 0.6) is 0 Å². The maximum absolute atomic E-state index is 11.5. The Balaban J connectivity index is 2.82. The number of nitrogens with one attached hydrogen (secondary N) is 1. The molecule has 4 heteroatoms. The molecule has 3 nitrogen and oxygen atoms in total. The Kier molecular flexibility index (Phi) is 4.91. The highest BCUT2D eigenvalue weighted by Crippen LogP contribution is 2.23. The molecule has 0 aliphatic rings. The first-order valence-electron chi connectivity index (χ1n) is 5.26. The molecule has 0 radical (unpaired) electrons. The monoisotopic (exact) mass is 251 g/mol. The van der Waals surface area contributed by atoms with Crippen molar-refractivity contribution in [3.8, 4) is 0 Å². The molecule has 0 atom stereocenters. The van der Waals surface area contributed by atoms with Gasteiger partial charge in [0, 0.05) is 12.0 Å². The number of carbonyl (C=O) groups is 2. The molecule has 0 aromatic heterocycles. The van der Waals surface area contributed by atoms with E-state index in [2.05, 4.69) is 11.9 Å². The molecule has 1 amide bonds. The van der Waals surface area contributed by atoms with Gasteiger partial charge in [-0.1, -0.05) is 17.7 Å². The van der Waals surface area contributed by atoms with Gasteiger partial charge in [-0.05, 0) is 31.5 Å². The molecule has 0 bridgehead atoms.